The molecular weight excluding hydrogens is 370 g/mol. The number of piperidine rings is 1. The summed E-state index contributed by atoms with van der Waals surface area (Å²) in [4.78, 5) is 30.3. The molecule has 0 unspecified atom stereocenters. The molecule has 0 atom stereocenters. The summed E-state index contributed by atoms with van der Waals surface area (Å²) in [6, 6.07) is 7.97. The lowest BCUT2D eigenvalue weighted by Gasteiger charge is -2.38. The summed E-state index contributed by atoms with van der Waals surface area (Å²) < 4.78 is 11.5. The number of rotatable bonds is 4. The standard InChI is InChI=1S/C22H29N3O4/c26-19(23-17-3-5-18(6-4-17)24-11-1-2-12-24)21(7-8-21)20(27)25-13-9-22(10-14-25)28-15-16-29-22/h3-6H,1-2,7-16H2,(H,23,26). The Morgan fingerprint density at radius 2 is 1.48 bits per heavy atom. The number of likely N-dealkylation sites (tertiary alicyclic amines) is 1. The highest BCUT2D eigenvalue weighted by molar-refractivity contribution is 6.13. The molecule has 1 aliphatic carbocycles. The van der Waals surface area contributed by atoms with Crippen LogP contribution in [-0.4, -0.2) is 61.9 Å². The maximum Gasteiger partial charge on any atom is 0.240 e. The number of carbonyl (C=O) groups is 2. The van der Waals surface area contributed by atoms with Crippen molar-refractivity contribution in [3.63, 3.8) is 0 Å². The Labute approximate surface area is 171 Å². The summed E-state index contributed by atoms with van der Waals surface area (Å²) in [5.74, 6) is -0.728. The van der Waals surface area contributed by atoms with E-state index in [9.17, 15) is 9.59 Å². The van der Waals surface area contributed by atoms with Gasteiger partial charge >= 0.3 is 0 Å². The Balaban J connectivity index is 1.20. The van der Waals surface area contributed by atoms with Crippen LogP contribution in [0.4, 0.5) is 11.4 Å². The van der Waals surface area contributed by atoms with Gasteiger partial charge in [0.05, 0.1) is 13.2 Å². The van der Waals surface area contributed by atoms with E-state index in [1.165, 1.54) is 18.5 Å². The first-order valence-electron chi connectivity index (χ1n) is 10.8. The first kappa shape index (κ1) is 18.9. The monoisotopic (exact) mass is 399 g/mol. The molecule has 0 radical (unpaired) electrons. The van der Waals surface area contributed by atoms with Gasteiger partial charge in [-0.15, -0.1) is 0 Å². The summed E-state index contributed by atoms with van der Waals surface area (Å²) in [7, 11) is 0. The number of ether oxygens (including phenoxy) is 2. The van der Waals surface area contributed by atoms with Gasteiger partial charge in [0, 0.05) is 50.4 Å². The first-order chi connectivity index (χ1) is 14.1. The van der Waals surface area contributed by atoms with Gasteiger partial charge in [-0.25, -0.2) is 0 Å². The van der Waals surface area contributed by atoms with Gasteiger partial charge in [0.15, 0.2) is 5.79 Å². The molecule has 4 aliphatic rings. The van der Waals surface area contributed by atoms with Crippen molar-refractivity contribution in [2.75, 3.05) is 49.6 Å². The quantitative estimate of drug-likeness (QED) is 0.787. The fourth-order valence-electron chi connectivity index (χ4n) is 4.78. The van der Waals surface area contributed by atoms with Crippen molar-refractivity contribution < 1.29 is 19.1 Å². The van der Waals surface area contributed by atoms with Gasteiger partial charge in [0.1, 0.15) is 5.41 Å². The minimum Gasteiger partial charge on any atom is -0.372 e. The highest BCUT2D eigenvalue weighted by atomic mass is 16.7. The van der Waals surface area contributed by atoms with Crippen molar-refractivity contribution in [3.05, 3.63) is 24.3 Å². The summed E-state index contributed by atoms with van der Waals surface area (Å²) in [5.41, 5.74) is 1.05. The second-order valence-electron chi connectivity index (χ2n) is 8.68. The minimum absolute atomic E-state index is 0.0449. The molecule has 4 fully saturated rings. The lowest BCUT2D eigenvalue weighted by Crippen LogP contribution is -2.51. The zero-order valence-electron chi connectivity index (χ0n) is 16.8. The molecule has 1 N–H and O–H groups in total. The number of carbonyl (C=O) groups excluding carboxylic acids is 2. The first-order valence-corrected chi connectivity index (χ1v) is 10.8. The fourth-order valence-corrected chi connectivity index (χ4v) is 4.78. The molecule has 1 aromatic rings. The van der Waals surface area contributed by atoms with E-state index in [1.807, 2.05) is 29.2 Å². The Morgan fingerprint density at radius 1 is 0.862 bits per heavy atom. The lowest BCUT2D eigenvalue weighted by molar-refractivity contribution is -0.188. The Hall–Kier alpha value is -2.12. The second-order valence-corrected chi connectivity index (χ2v) is 8.68. The van der Waals surface area contributed by atoms with E-state index < -0.39 is 11.2 Å². The summed E-state index contributed by atoms with van der Waals surface area (Å²) in [6.45, 7) is 4.59. The Bertz CT molecular complexity index is 768. The van der Waals surface area contributed by atoms with Crippen LogP contribution in [0.5, 0.6) is 0 Å². The third-order valence-corrected chi connectivity index (χ3v) is 6.82. The van der Waals surface area contributed by atoms with Gasteiger partial charge in [-0.05, 0) is 49.9 Å². The molecule has 7 nitrogen and oxygen atoms in total. The van der Waals surface area contributed by atoms with Crippen LogP contribution >= 0.6 is 0 Å². The van der Waals surface area contributed by atoms with Gasteiger partial charge in [-0.1, -0.05) is 0 Å². The van der Waals surface area contributed by atoms with Crippen LogP contribution < -0.4 is 10.2 Å². The third kappa shape index (κ3) is 3.51. The van der Waals surface area contributed by atoms with E-state index in [-0.39, 0.29) is 11.8 Å². The molecule has 3 aliphatic heterocycles. The van der Waals surface area contributed by atoms with Crippen molar-refractivity contribution in [1.82, 2.24) is 4.90 Å². The van der Waals surface area contributed by atoms with Crippen LogP contribution in [0.1, 0.15) is 38.5 Å². The number of hydrogen-bond acceptors (Lipinski definition) is 5. The lowest BCUT2D eigenvalue weighted by atomic mass is 9.98. The maximum absolute atomic E-state index is 13.1. The minimum atomic E-state index is -0.893. The number of amides is 2. The number of nitrogens with zero attached hydrogens (tertiary/aromatic N) is 2. The summed E-state index contributed by atoms with van der Waals surface area (Å²) in [5, 5.41) is 2.98. The maximum atomic E-state index is 13.1. The van der Waals surface area contributed by atoms with Crippen LogP contribution in [0.15, 0.2) is 24.3 Å². The van der Waals surface area contributed by atoms with Crippen molar-refractivity contribution in [2.45, 2.75) is 44.3 Å². The molecule has 3 saturated heterocycles. The number of anilines is 2. The molecule has 0 aromatic heterocycles. The molecule has 5 rings (SSSR count). The van der Waals surface area contributed by atoms with Crippen LogP contribution in [-0.2, 0) is 19.1 Å². The van der Waals surface area contributed by atoms with E-state index in [1.54, 1.807) is 0 Å². The third-order valence-electron chi connectivity index (χ3n) is 6.82. The van der Waals surface area contributed by atoms with E-state index in [0.717, 1.165) is 18.8 Å². The molecule has 29 heavy (non-hydrogen) atoms. The number of benzene rings is 1. The molecule has 1 spiro atoms. The summed E-state index contributed by atoms with van der Waals surface area (Å²) in [6.07, 6.45) is 5.07. The van der Waals surface area contributed by atoms with Crippen LogP contribution in [0.25, 0.3) is 0 Å². The molecule has 0 bridgehead atoms. The molecule has 7 heteroatoms. The van der Waals surface area contributed by atoms with E-state index in [0.29, 0.717) is 52.0 Å². The molecule has 3 heterocycles. The average Bonchev–Trinajstić information content (AvgIpc) is 3.15. The highest BCUT2D eigenvalue weighted by Gasteiger charge is 2.58. The van der Waals surface area contributed by atoms with E-state index in [2.05, 4.69) is 10.2 Å². The van der Waals surface area contributed by atoms with Crippen LogP contribution in [0, 0.1) is 5.41 Å². The number of nitrogens with one attached hydrogen (secondary N) is 1. The Kier molecular flexibility index (Phi) is 4.75. The van der Waals surface area contributed by atoms with Gasteiger partial charge in [-0.3, -0.25) is 9.59 Å². The van der Waals surface area contributed by atoms with Crippen LogP contribution in [0.3, 0.4) is 0 Å². The molecule has 156 valence electrons. The van der Waals surface area contributed by atoms with Gasteiger partial charge in [0.2, 0.25) is 11.8 Å². The highest BCUT2D eigenvalue weighted by Crippen LogP contribution is 2.49. The normalized spacial score (nSPS) is 24.7. The number of hydrogen-bond donors (Lipinski definition) is 1. The smallest absolute Gasteiger partial charge is 0.240 e. The zero-order valence-corrected chi connectivity index (χ0v) is 16.8. The second kappa shape index (κ2) is 7.29. The van der Waals surface area contributed by atoms with Crippen molar-refractivity contribution >= 4 is 23.2 Å². The van der Waals surface area contributed by atoms with Crippen molar-refractivity contribution in [2.24, 2.45) is 5.41 Å². The van der Waals surface area contributed by atoms with Gasteiger partial charge < -0.3 is 24.6 Å². The molecular formula is C22H29N3O4. The predicted molar refractivity (Wildman–Crippen MR) is 109 cm³/mol. The zero-order chi connectivity index (χ0) is 19.9. The fraction of sp³-hybridized carbons (Fsp3) is 0.636. The molecule has 1 aromatic carbocycles. The largest absolute Gasteiger partial charge is 0.372 e. The van der Waals surface area contributed by atoms with E-state index >= 15 is 0 Å². The van der Waals surface area contributed by atoms with Crippen LogP contribution in [0.2, 0.25) is 0 Å². The molecule has 1 saturated carbocycles. The molecule has 2 amide bonds. The van der Waals surface area contributed by atoms with E-state index in [4.69, 9.17) is 9.47 Å². The van der Waals surface area contributed by atoms with Gasteiger partial charge in [0.25, 0.3) is 0 Å². The SMILES string of the molecule is O=C(Nc1ccc(N2CCCC2)cc1)C1(C(=O)N2CCC3(CC2)OCCO3)CC1. The van der Waals surface area contributed by atoms with Crippen molar-refractivity contribution in [1.29, 1.82) is 0 Å². The predicted octanol–water partition coefficient (Wildman–Crippen LogP) is 2.37. The Morgan fingerprint density at radius 3 is 2.07 bits per heavy atom. The summed E-state index contributed by atoms with van der Waals surface area (Å²) >= 11 is 0. The topological polar surface area (TPSA) is 71.1 Å². The average molecular weight is 399 g/mol. The van der Waals surface area contributed by atoms with Crippen molar-refractivity contribution in [3.8, 4) is 0 Å². The van der Waals surface area contributed by atoms with Gasteiger partial charge in [-0.2, -0.15) is 0 Å².